The molecule has 1 fully saturated rings. The van der Waals surface area contributed by atoms with Crippen molar-refractivity contribution in [3.05, 3.63) is 66.5 Å². The fourth-order valence-corrected chi connectivity index (χ4v) is 4.64. The molecule has 2 heterocycles. The summed E-state index contributed by atoms with van der Waals surface area (Å²) < 4.78 is 2.09. The molecule has 0 bridgehead atoms. The van der Waals surface area contributed by atoms with Crippen molar-refractivity contribution in [2.45, 2.75) is 31.5 Å². The van der Waals surface area contributed by atoms with Crippen LogP contribution in [0.1, 0.15) is 25.6 Å². The normalized spacial score (nSPS) is 14.2. The number of amides is 1. The van der Waals surface area contributed by atoms with Crippen LogP contribution in [0.25, 0.3) is 5.69 Å². The van der Waals surface area contributed by atoms with Crippen LogP contribution >= 0.6 is 11.8 Å². The number of benzene rings is 2. The van der Waals surface area contributed by atoms with Crippen molar-refractivity contribution in [3.63, 3.8) is 0 Å². The topological polar surface area (TPSA) is 54.3 Å². The first-order chi connectivity index (χ1) is 14.8. The van der Waals surface area contributed by atoms with Crippen LogP contribution in [-0.4, -0.2) is 51.0 Å². The Labute approximate surface area is 181 Å². The van der Waals surface area contributed by atoms with Crippen LogP contribution in [0.5, 0.6) is 0 Å². The molecule has 1 aromatic heterocycles. The van der Waals surface area contributed by atoms with Crippen molar-refractivity contribution in [2.75, 3.05) is 30.3 Å². The first-order valence-electron chi connectivity index (χ1n) is 10.5. The number of carbonyl (C=O) groups excluding carboxylic acids is 1. The minimum absolute atomic E-state index is 0.0670. The third-order valence-electron chi connectivity index (χ3n) is 5.29. The molecule has 1 saturated heterocycles. The number of carbonyl (C=O) groups is 1. The highest BCUT2D eigenvalue weighted by Crippen LogP contribution is 2.25. The zero-order chi connectivity index (χ0) is 20.8. The predicted octanol–water partition coefficient (Wildman–Crippen LogP) is 4.01. The van der Waals surface area contributed by atoms with E-state index in [1.54, 1.807) is 4.90 Å². The van der Waals surface area contributed by atoms with Crippen LogP contribution < -0.4 is 4.90 Å². The number of hydrogen-bond acceptors (Lipinski definition) is 5. The number of anilines is 1. The molecule has 0 aliphatic carbocycles. The van der Waals surface area contributed by atoms with Gasteiger partial charge in [-0.2, -0.15) is 0 Å². The van der Waals surface area contributed by atoms with Gasteiger partial charge in [0.05, 0.1) is 12.3 Å². The lowest BCUT2D eigenvalue weighted by Crippen LogP contribution is -2.32. The van der Waals surface area contributed by atoms with E-state index in [0.717, 1.165) is 42.0 Å². The van der Waals surface area contributed by atoms with Crippen molar-refractivity contribution >= 4 is 23.4 Å². The SMILES string of the molecule is CCN(C(=O)CSc1nnc(CN2CCCC2)n1-c1ccccc1)c1ccccc1. The van der Waals surface area contributed by atoms with E-state index in [2.05, 4.69) is 31.8 Å². The highest BCUT2D eigenvalue weighted by atomic mass is 32.2. The van der Waals surface area contributed by atoms with Crippen LogP contribution in [0.4, 0.5) is 5.69 Å². The Bertz CT molecular complexity index is 954. The van der Waals surface area contributed by atoms with E-state index < -0.39 is 0 Å². The van der Waals surface area contributed by atoms with Crippen LogP contribution in [-0.2, 0) is 11.3 Å². The van der Waals surface area contributed by atoms with Gasteiger partial charge in [-0.3, -0.25) is 14.3 Å². The second-order valence-electron chi connectivity index (χ2n) is 7.32. The number of aromatic nitrogens is 3. The fourth-order valence-electron chi connectivity index (χ4n) is 3.79. The lowest BCUT2D eigenvalue weighted by molar-refractivity contribution is -0.116. The molecule has 0 unspecified atom stereocenters. The van der Waals surface area contributed by atoms with Crippen LogP contribution in [0.2, 0.25) is 0 Å². The Kier molecular flexibility index (Phi) is 6.81. The zero-order valence-corrected chi connectivity index (χ0v) is 18.1. The van der Waals surface area contributed by atoms with E-state index in [4.69, 9.17) is 0 Å². The van der Waals surface area contributed by atoms with Gasteiger partial charge in [-0.1, -0.05) is 48.2 Å². The van der Waals surface area contributed by atoms with E-state index in [-0.39, 0.29) is 5.91 Å². The molecule has 4 rings (SSSR count). The summed E-state index contributed by atoms with van der Waals surface area (Å²) in [7, 11) is 0. The summed E-state index contributed by atoms with van der Waals surface area (Å²) in [5, 5.41) is 9.68. The monoisotopic (exact) mass is 421 g/mol. The Morgan fingerprint density at radius 1 is 1.00 bits per heavy atom. The summed E-state index contributed by atoms with van der Waals surface area (Å²) in [5.74, 6) is 1.31. The van der Waals surface area contributed by atoms with Crippen LogP contribution in [0.15, 0.2) is 65.8 Å². The Morgan fingerprint density at radius 2 is 1.67 bits per heavy atom. The van der Waals surface area contributed by atoms with E-state index in [9.17, 15) is 4.79 Å². The van der Waals surface area contributed by atoms with E-state index in [1.807, 2.05) is 55.5 Å². The summed E-state index contributed by atoms with van der Waals surface area (Å²) in [5.41, 5.74) is 1.95. The molecule has 0 radical (unpaired) electrons. The van der Waals surface area contributed by atoms with Crippen molar-refractivity contribution < 1.29 is 4.79 Å². The average molecular weight is 422 g/mol. The molecule has 1 aliphatic heterocycles. The van der Waals surface area contributed by atoms with E-state index in [1.165, 1.54) is 24.6 Å². The van der Waals surface area contributed by atoms with Crippen molar-refractivity contribution in [2.24, 2.45) is 0 Å². The van der Waals surface area contributed by atoms with Crippen LogP contribution in [0, 0.1) is 0 Å². The molecule has 0 atom stereocenters. The third kappa shape index (κ3) is 4.74. The molecule has 6 nitrogen and oxygen atoms in total. The van der Waals surface area contributed by atoms with Crippen molar-refractivity contribution in [1.29, 1.82) is 0 Å². The molecule has 7 heteroatoms. The minimum Gasteiger partial charge on any atom is -0.312 e. The highest BCUT2D eigenvalue weighted by molar-refractivity contribution is 7.99. The Morgan fingerprint density at radius 3 is 2.33 bits per heavy atom. The first-order valence-corrected chi connectivity index (χ1v) is 11.4. The van der Waals surface area contributed by atoms with Gasteiger partial charge in [-0.05, 0) is 57.1 Å². The third-order valence-corrected chi connectivity index (χ3v) is 6.20. The number of nitrogens with zero attached hydrogens (tertiary/aromatic N) is 5. The van der Waals surface area contributed by atoms with E-state index in [0.29, 0.717) is 12.3 Å². The number of thioether (sulfide) groups is 1. The Hall–Kier alpha value is -2.64. The van der Waals surface area contributed by atoms with Gasteiger partial charge in [0.15, 0.2) is 11.0 Å². The standard InChI is InChI=1S/C23H27N5OS/c1-2-27(19-11-5-3-6-12-19)22(29)18-30-23-25-24-21(17-26-15-9-10-16-26)28(23)20-13-7-4-8-14-20/h3-8,11-14H,2,9-10,15-18H2,1H3. The molecule has 0 spiro atoms. The van der Waals surface area contributed by atoms with Crippen LogP contribution in [0.3, 0.4) is 0 Å². The van der Waals surface area contributed by atoms with Gasteiger partial charge in [0.25, 0.3) is 0 Å². The first kappa shape index (κ1) is 20.6. The highest BCUT2D eigenvalue weighted by Gasteiger charge is 2.21. The summed E-state index contributed by atoms with van der Waals surface area (Å²) >= 11 is 1.45. The molecule has 1 aliphatic rings. The summed E-state index contributed by atoms with van der Waals surface area (Å²) in [6.45, 7) is 5.61. The largest absolute Gasteiger partial charge is 0.312 e. The van der Waals surface area contributed by atoms with Gasteiger partial charge in [0.1, 0.15) is 0 Å². The average Bonchev–Trinajstić information content (AvgIpc) is 3.44. The lowest BCUT2D eigenvalue weighted by atomic mass is 10.3. The summed E-state index contributed by atoms with van der Waals surface area (Å²) in [6, 6.07) is 20.0. The van der Waals surface area contributed by atoms with Gasteiger partial charge in [-0.25, -0.2) is 0 Å². The summed E-state index contributed by atoms with van der Waals surface area (Å²) in [4.78, 5) is 17.1. The van der Waals surface area contributed by atoms with Gasteiger partial charge in [0, 0.05) is 17.9 Å². The smallest absolute Gasteiger partial charge is 0.237 e. The number of likely N-dealkylation sites (tertiary alicyclic amines) is 1. The molecule has 156 valence electrons. The fraction of sp³-hybridized carbons (Fsp3) is 0.348. The van der Waals surface area contributed by atoms with Crippen molar-refractivity contribution in [1.82, 2.24) is 19.7 Å². The van der Waals surface area contributed by atoms with Gasteiger partial charge in [-0.15, -0.1) is 10.2 Å². The molecule has 2 aromatic carbocycles. The second-order valence-corrected chi connectivity index (χ2v) is 8.26. The lowest BCUT2D eigenvalue weighted by Gasteiger charge is -2.21. The molecule has 1 amide bonds. The number of rotatable bonds is 8. The number of para-hydroxylation sites is 2. The number of hydrogen-bond donors (Lipinski definition) is 0. The maximum Gasteiger partial charge on any atom is 0.237 e. The minimum atomic E-state index is 0.0670. The maximum atomic E-state index is 12.9. The molecular formula is C23H27N5OS. The molecule has 3 aromatic rings. The molecule has 0 saturated carbocycles. The summed E-state index contributed by atoms with van der Waals surface area (Å²) in [6.07, 6.45) is 2.48. The van der Waals surface area contributed by atoms with Gasteiger partial charge in [0.2, 0.25) is 5.91 Å². The quantitative estimate of drug-likeness (QED) is 0.515. The predicted molar refractivity (Wildman–Crippen MR) is 121 cm³/mol. The van der Waals surface area contributed by atoms with E-state index >= 15 is 0 Å². The maximum absolute atomic E-state index is 12.9. The molecular weight excluding hydrogens is 394 g/mol. The van der Waals surface area contributed by atoms with Crippen molar-refractivity contribution in [3.8, 4) is 5.69 Å². The zero-order valence-electron chi connectivity index (χ0n) is 17.3. The molecule has 0 N–H and O–H groups in total. The Balaban J connectivity index is 1.53. The van der Waals surface area contributed by atoms with Gasteiger partial charge < -0.3 is 4.90 Å². The van der Waals surface area contributed by atoms with Gasteiger partial charge >= 0.3 is 0 Å². The molecule has 30 heavy (non-hydrogen) atoms. The second kappa shape index (κ2) is 9.91.